The molecule has 30 heavy (non-hydrogen) atoms. The van der Waals surface area contributed by atoms with Gasteiger partial charge in [0, 0.05) is 16.8 Å². The van der Waals surface area contributed by atoms with E-state index in [1.54, 1.807) is 48.5 Å². The van der Waals surface area contributed by atoms with E-state index in [1.807, 2.05) is 38.1 Å². The number of carbonyl (C=O) groups is 1. The van der Waals surface area contributed by atoms with E-state index in [-0.39, 0.29) is 22.3 Å². The van der Waals surface area contributed by atoms with E-state index in [0.717, 1.165) is 11.1 Å². The Morgan fingerprint density at radius 2 is 1.70 bits per heavy atom. The summed E-state index contributed by atoms with van der Waals surface area (Å²) in [6.45, 7) is 3.81. The standard InChI is InChI=1S/C24H21NO4S/c1-16-6-9-21(10-7-16)30(27,28)22-14-19-13-18(8-11-23(19)29-15-22)24(26)25-20-5-3-4-17(2)12-20/h3-14H,15H2,1-2H3,(H,25,26). The molecule has 0 unspecified atom stereocenters. The van der Waals surface area contributed by atoms with Crippen LogP contribution in [-0.2, 0) is 9.84 Å². The Bertz CT molecular complexity index is 1260. The quantitative estimate of drug-likeness (QED) is 0.662. The molecule has 3 aromatic rings. The van der Waals surface area contributed by atoms with E-state index >= 15 is 0 Å². The third-order valence-corrected chi connectivity index (χ3v) is 6.73. The highest BCUT2D eigenvalue weighted by atomic mass is 32.2. The van der Waals surface area contributed by atoms with Crippen LogP contribution < -0.4 is 10.1 Å². The molecule has 1 aliphatic heterocycles. The number of amides is 1. The highest BCUT2D eigenvalue weighted by molar-refractivity contribution is 7.95. The van der Waals surface area contributed by atoms with Crippen LogP contribution in [0.5, 0.6) is 5.75 Å². The molecular weight excluding hydrogens is 398 g/mol. The van der Waals surface area contributed by atoms with E-state index in [4.69, 9.17) is 4.74 Å². The van der Waals surface area contributed by atoms with Crippen molar-refractivity contribution < 1.29 is 17.9 Å². The van der Waals surface area contributed by atoms with Crippen LogP contribution in [0.25, 0.3) is 6.08 Å². The second-order valence-corrected chi connectivity index (χ2v) is 9.29. The zero-order chi connectivity index (χ0) is 21.3. The summed E-state index contributed by atoms with van der Waals surface area (Å²) in [6, 6.07) is 19.2. The summed E-state index contributed by atoms with van der Waals surface area (Å²) in [5.74, 6) is 0.273. The minimum Gasteiger partial charge on any atom is -0.488 e. The van der Waals surface area contributed by atoms with Gasteiger partial charge in [-0.15, -0.1) is 0 Å². The highest BCUT2D eigenvalue weighted by Gasteiger charge is 2.25. The lowest BCUT2D eigenvalue weighted by Crippen LogP contribution is -2.17. The molecule has 0 bridgehead atoms. The third kappa shape index (κ3) is 4.00. The number of fused-ring (bicyclic) bond motifs is 1. The smallest absolute Gasteiger partial charge is 0.255 e. The van der Waals surface area contributed by atoms with Gasteiger partial charge >= 0.3 is 0 Å². The Morgan fingerprint density at radius 1 is 0.933 bits per heavy atom. The lowest BCUT2D eigenvalue weighted by Gasteiger charge is -2.19. The average molecular weight is 420 g/mol. The van der Waals surface area contributed by atoms with Gasteiger partial charge in [0.2, 0.25) is 9.84 Å². The Balaban J connectivity index is 1.63. The molecule has 1 heterocycles. The summed E-state index contributed by atoms with van der Waals surface area (Å²) in [7, 11) is -3.67. The molecule has 0 fully saturated rings. The summed E-state index contributed by atoms with van der Waals surface area (Å²) in [5, 5.41) is 2.86. The molecule has 0 atom stereocenters. The van der Waals surface area contributed by atoms with Crippen molar-refractivity contribution in [1.82, 2.24) is 0 Å². The van der Waals surface area contributed by atoms with Crippen molar-refractivity contribution in [3.8, 4) is 5.75 Å². The largest absolute Gasteiger partial charge is 0.488 e. The fourth-order valence-electron chi connectivity index (χ4n) is 3.25. The van der Waals surface area contributed by atoms with Crippen molar-refractivity contribution in [2.45, 2.75) is 18.7 Å². The number of carbonyl (C=O) groups excluding carboxylic acids is 1. The molecule has 1 aliphatic rings. The van der Waals surface area contributed by atoms with Crippen LogP contribution in [0, 0.1) is 13.8 Å². The molecule has 1 N–H and O–H groups in total. The van der Waals surface area contributed by atoms with Gasteiger partial charge in [-0.05, 0) is 68.0 Å². The van der Waals surface area contributed by atoms with Crippen molar-refractivity contribution in [1.29, 1.82) is 0 Å². The van der Waals surface area contributed by atoms with Gasteiger partial charge in [0.05, 0.1) is 9.80 Å². The van der Waals surface area contributed by atoms with Crippen LogP contribution in [-0.4, -0.2) is 20.9 Å². The van der Waals surface area contributed by atoms with Crippen molar-refractivity contribution in [3.63, 3.8) is 0 Å². The first kappa shape index (κ1) is 19.9. The summed E-state index contributed by atoms with van der Waals surface area (Å²) >= 11 is 0. The van der Waals surface area contributed by atoms with Crippen molar-refractivity contribution in [2.24, 2.45) is 0 Å². The van der Waals surface area contributed by atoms with Crippen LogP contribution in [0.1, 0.15) is 27.0 Å². The van der Waals surface area contributed by atoms with E-state index < -0.39 is 9.84 Å². The fraction of sp³-hybridized carbons (Fsp3) is 0.125. The first-order valence-electron chi connectivity index (χ1n) is 9.50. The Morgan fingerprint density at radius 3 is 2.43 bits per heavy atom. The van der Waals surface area contributed by atoms with E-state index in [1.165, 1.54) is 0 Å². The minimum atomic E-state index is -3.67. The van der Waals surface area contributed by atoms with Crippen LogP contribution in [0.2, 0.25) is 0 Å². The van der Waals surface area contributed by atoms with Crippen LogP contribution in [0.15, 0.2) is 76.5 Å². The van der Waals surface area contributed by atoms with Gasteiger partial charge in [-0.3, -0.25) is 4.79 Å². The van der Waals surface area contributed by atoms with Gasteiger partial charge in [-0.2, -0.15) is 0 Å². The Kier molecular flexibility index (Phi) is 5.18. The minimum absolute atomic E-state index is 0.0436. The second-order valence-electron chi connectivity index (χ2n) is 7.29. The lowest BCUT2D eigenvalue weighted by atomic mass is 10.1. The van der Waals surface area contributed by atoms with E-state index in [0.29, 0.717) is 22.6 Å². The van der Waals surface area contributed by atoms with Crippen LogP contribution in [0.4, 0.5) is 5.69 Å². The summed E-state index contributed by atoms with van der Waals surface area (Å²) in [4.78, 5) is 13.0. The first-order valence-corrected chi connectivity index (χ1v) is 11.0. The number of sulfone groups is 1. The van der Waals surface area contributed by atoms with E-state index in [2.05, 4.69) is 5.32 Å². The number of ether oxygens (including phenoxy) is 1. The SMILES string of the molecule is Cc1ccc(S(=O)(=O)C2=Cc3cc(C(=O)Nc4cccc(C)c4)ccc3OC2)cc1. The molecule has 4 rings (SSSR count). The monoisotopic (exact) mass is 419 g/mol. The zero-order valence-corrected chi connectivity index (χ0v) is 17.5. The summed E-state index contributed by atoms with van der Waals surface area (Å²) in [6.07, 6.45) is 1.58. The molecule has 152 valence electrons. The predicted octanol–water partition coefficient (Wildman–Crippen LogP) is 4.76. The molecule has 0 radical (unpaired) electrons. The van der Waals surface area contributed by atoms with Crippen molar-refractivity contribution in [3.05, 3.63) is 93.9 Å². The normalized spacial score (nSPS) is 13.1. The molecule has 5 nitrogen and oxygen atoms in total. The topological polar surface area (TPSA) is 72.5 Å². The van der Waals surface area contributed by atoms with Gasteiger partial charge in [0.25, 0.3) is 5.91 Å². The molecular formula is C24H21NO4S. The van der Waals surface area contributed by atoms with Crippen LogP contribution >= 0.6 is 0 Å². The maximum atomic E-state index is 13.0. The van der Waals surface area contributed by atoms with Gasteiger partial charge in [-0.1, -0.05) is 29.8 Å². The maximum Gasteiger partial charge on any atom is 0.255 e. The molecule has 0 aromatic heterocycles. The number of nitrogens with one attached hydrogen (secondary N) is 1. The predicted molar refractivity (Wildman–Crippen MR) is 117 cm³/mol. The van der Waals surface area contributed by atoms with Crippen molar-refractivity contribution in [2.75, 3.05) is 11.9 Å². The lowest BCUT2D eigenvalue weighted by molar-refractivity contribution is 0.102. The van der Waals surface area contributed by atoms with Gasteiger partial charge in [0.15, 0.2) is 0 Å². The molecule has 0 aliphatic carbocycles. The Hall–Kier alpha value is -3.38. The Labute approximate surface area is 175 Å². The molecule has 0 saturated carbocycles. The van der Waals surface area contributed by atoms with Crippen LogP contribution in [0.3, 0.4) is 0 Å². The molecule has 3 aromatic carbocycles. The fourth-order valence-corrected chi connectivity index (χ4v) is 4.54. The average Bonchev–Trinajstić information content (AvgIpc) is 2.73. The van der Waals surface area contributed by atoms with E-state index in [9.17, 15) is 13.2 Å². The number of hydrogen-bond donors (Lipinski definition) is 1. The molecule has 1 amide bonds. The number of aryl methyl sites for hydroxylation is 2. The van der Waals surface area contributed by atoms with Gasteiger partial charge in [0.1, 0.15) is 12.4 Å². The third-order valence-electron chi connectivity index (χ3n) is 4.91. The molecule has 6 heteroatoms. The molecule has 0 saturated heterocycles. The highest BCUT2D eigenvalue weighted by Crippen LogP contribution is 2.32. The number of hydrogen-bond acceptors (Lipinski definition) is 4. The van der Waals surface area contributed by atoms with Gasteiger partial charge in [-0.25, -0.2) is 8.42 Å². The van der Waals surface area contributed by atoms with Crippen molar-refractivity contribution >= 4 is 27.5 Å². The zero-order valence-electron chi connectivity index (χ0n) is 16.7. The summed E-state index contributed by atoms with van der Waals surface area (Å²) < 4.78 is 31.6. The first-order chi connectivity index (χ1) is 14.3. The maximum absolute atomic E-state index is 13.0. The number of anilines is 1. The summed E-state index contributed by atoms with van der Waals surface area (Å²) in [5.41, 5.74) is 3.71. The number of benzene rings is 3. The number of rotatable bonds is 4. The van der Waals surface area contributed by atoms with Gasteiger partial charge < -0.3 is 10.1 Å². The second kappa shape index (κ2) is 7.80. The molecule has 0 spiro atoms.